The van der Waals surface area contributed by atoms with Crippen LogP contribution >= 0.6 is 0 Å². The number of carbonyl (C=O) groups excluding carboxylic acids is 1. The van der Waals surface area contributed by atoms with Gasteiger partial charge in [0.25, 0.3) is 5.91 Å². The number of nitrogens with one attached hydrogen (secondary N) is 1. The molecule has 0 saturated heterocycles. The van der Waals surface area contributed by atoms with Gasteiger partial charge in [0, 0.05) is 6.07 Å². The molecule has 6 heteroatoms. The van der Waals surface area contributed by atoms with Crippen LogP contribution in [0.1, 0.15) is 29.3 Å². The lowest BCUT2D eigenvalue weighted by Crippen LogP contribution is -2.40. The largest absolute Gasteiger partial charge is 0.480 e. The van der Waals surface area contributed by atoms with Gasteiger partial charge in [-0.15, -0.1) is 0 Å². The van der Waals surface area contributed by atoms with E-state index in [0.29, 0.717) is 6.07 Å². The van der Waals surface area contributed by atoms with Crippen LogP contribution in [0.15, 0.2) is 12.1 Å². The zero-order valence-electron chi connectivity index (χ0n) is 9.96. The Morgan fingerprint density at radius 3 is 2.44 bits per heavy atom. The number of benzene rings is 1. The molecule has 1 unspecified atom stereocenters. The summed E-state index contributed by atoms with van der Waals surface area (Å²) in [5, 5.41) is 10.9. The van der Waals surface area contributed by atoms with Gasteiger partial charge in [-0.2, -0.15) is 0 Å². The standard InChI is InChI=1S/C12H13F2NO3/c1-3-10(12(17)18)15-11(16)7-4-6(2)8(13)5-9(7)14/h4-5,10H,3H2,1-2H3,(H,15,16)(H,17,18). The molecular formula is C12H13F2NO3. The first-order valence-electron chi connectivity index (χ1n) is 5.36. The number of carboxylic acids is 1. The number of aryl methyl sites for hydroxylation is 1. The summed E-state index contributed by atoms with van der Waals surface area (Å²) in [6.45, 7) is 2.96. The summed E-state index contributed by atoms with van der Waals surface area (Å²) in [4.78, 5) is 22.4. The molecule has 1 rings (SSSR count). The smallest absolute Gasteiger partial charge is 0.326 e. The normalized spacial score (nSPS) is 12.0. The summed E-state index contributed by atoms with van der Waals surface area (Å²) in [6, 6.07) is 0.558. The lowest BCUT2D eigenvalue weighted by molar-refractivity contribution is -0.139. The van der Waals surface area contributed by atoms with Crippen molar-refractivity contribution in [2.45, 2.75) is 26.3 Å². The molecule has 1 atom stereocenters. The van der Waals surface area contributed by atoms with Gasteiger partial charge in [0.2, 0.25) is 0 Å². The van der Waals surface area contributed by atoms with Gasteiger partial charge in [-0.1, -0.05) is 6.92 Å². The first-order valence-corrected chi connectivity index (χ1v) is 5.36. The maximum Gasteiger partial charge on any atom is 0.326 e. The molecule has 0 aliphatic heterocycles. The molecule has 0 aromatic heterocycles. The molecule has 0 heterocycles. The van der Waals surface area contributed by atoms with Crippen molar-refractivity contribution in [3.63, 3.8) is 0 Å². The van der Waals surface area contributed by atoms with Gasteiger partial charge in [-0.25, -0.2) is 13.6 Å². The minimum Gasteiger partial charge on any atom is -0.480 e. The number of rotatable bonds is 4. The van der Waals surface area contributed by atoms with Crippen LogP contribution in [0.25, 0.3) is 0 Å². The van der Waals surface area contributed by atoms with E-state index in [-0.39, 0.29) is 17.5 Å². The van der Waals surface area contributed by atoms with Crippen molar-refractivity contribution >= 4 is 11.9 Å². The van der Waals surface area contributed by atoms with Crippen LogP contribution in [0, 0.1) is 18.6 Å². The maximum absolute atomic E-state index is 13.4. The molecule has 0 spiro atoms. The van der Waals surface area contributed by atoms with Crippen molar-refractivity contribution in [1.82, 2.24) is 5.32 Å². The Morgan fingerprint density at radius 2 is 1.94 bits per heavy atom. The average molecular weight is 257 g/mol. The highest BCUT2D eigenvalue weighted by Gasteiger charge is 2.21. The van der Waals surface area contributed by atoms with Crippen molar-refractivity contribution < 1.29 is 23.5 Å². The van der Waals surface area contributed by atoms with Crippen LogP contribution in [0.3, 0.4) is 0 Å². The van der Waals surface area contributed by atoms with Gasteiger partial charge in [0.15, 0.2) is 0 Å². The minimum atomic E-state index is -1.20. The summed E-state index contributed by atoms with van der Waals surface area (Å²) >= 11 is 0. The highest BCUT2D eigenvalue weighted by molar-refractivity contribution is 5.96. The van der Waals surface area contributed by atoms with Gasteiger partial charge in [-0.3, -0.25) is 4.79 Å². The number of carboxylic acid groups (broad SMARTS) is 1. The minimum absolute atomic E-state index is 0.116. The monoisotopic (exact) mass is 257 g/mol. The summed E-state index contributed by atoms with van der Waals surface area (Å²) in [5.74, 6) is -3.85. The summed E-state index contributed by atoms with van der Waals surface area (Å²) in [7, 11) is 0. The first-order chi connectivity index (χ1) is 8.36. The fourth-order valence-corrected chi connectivity index (χ4v) is 1.41. The van der Waals surface area contributed by atoms with E-state index in [1.54, 1.807) is 6.92 Å². The van der Waals surface area contributed by atoms with Crippen molar-refractivity contribution in [3.05, 3.63) is 34.9 Å². The van der Waals surface area contributed by atoms with Crippen molar-refractivity contribution in [2.24, 2.45) is 0 Å². The molecule has 1 amide bonds. The molecule has 1 aromatic rings. The lowest BCUT2D eigenvalue weighted by atomic mass is 10.1. The maximum atomic E-state index is 13.4. The van der Waals surface area contributed by atoms with E-state index in [9.17, 15) is 18.4 Å². The average Bonchev–Trinajstić information content (AvgIpc) is 2.29. The van der Waals surface area contributed by atoms with E-state index in [0.717, 1.165) is 6.07 Å². The predicted octanol–water partition coefficient (Wildman–Crippen LogP) is 1.87. The van der Waals surface area contributed by atoms with Gasteiger partial charge >= 0.3 is 5.97 Å². The molecule has 0 aliphatic carbocycles. The van der Waals surface area contributed by atoms with Crippen LogP contribution in [0.2, 0.25) is 0 Å². The van der Waals surface area contributed by atoms with E-state index < -0.39 is 29.6 Å². The summed E-state index contributed by atoms with van der Waals surface area (Å²) in [5.41, 5.74) is -0.251. The Kier molecular flexibility index (Phi) is 4.36. The second kappa shape index (κ2) is 5.57. The molecule has 4 nitrogen and oxygen atoms in total. The number of amides is 1. The van der Waals surface area contributed by atoms with Crippen LogP contribution in [0.4, 0.5) is 8.78 Å². The predicted molar refractivity (Wildman–Crippen MR) is 60.3 cm³/mol. The number of carbonyl (C=O) groups is 2. The number of hydrogen-bond acceptors (Lipinski definition) is 2. The van der Waals surface area contributed by atoms with Crippen LogP contribution in [0.5, 0.6) is 0 Å². The molecule has 2 N–H and O–H groups in total. The topological polar surface area (TPSA) is 66.4 Å². The second-order valence-electron chi connectivity index (χ2n) is 3.85. The third kappa shape index (κ3) is 3.03. The Bertz CT molecular complexity index is 488. The highest BCUT2D eigenvalue weighted by Crippen LogP contribution is 2.14. The first kappa shape index (κ1) is 14.1. The lowest BCUT2D eigenvalue weighted by Gasteiger charge is -2.13. The third-order valence-electron chi connectivity index (χ3n) is 2.50. The summed E-state index contributed by atoms with van der Waals surface area (Å²) in [6.07, 6.45) is 0.170. The van der Waals surface area contributed by atoms with E-state index >= 15 is 0 Å². The number of halogens is 2. The van der Waals surface area contributed by atoms with Gasteiger partial charge < -0.3 is 10.4 Å². The molecule has 0 aliphatic rings. The fraction of sp³-hybridized carbons (Fsp3) is 0.333. The molecule has 0 bridgehead atoms. The molecule has 0 saturated carbocycles. The van der Waals surface area contributed by atoms with Gasteiger partial charge in [0.1, 0.15) is 17.7 Å². The second-order valence-corrected chi connectivity index (χ2v) is 3.85. The molecule has 1 aromatic carbocycles. The van der Waals surface area contributed by atoms with Crippen LogP contribution in [-0.2, 0) is 4.79 Å². The van der Waals surface area contributed by atoms with E-state index in [4.69, 9.17) is 5.11 Å². The molecule has 18 heavy (non-hydrogen) atoms. The zero-order valence-corrected chi connectivity index (χ0v) is 9.96. The van der Waals surface area contributed by atoms with Crippen molar-refractivity contribution in [2.75, 3.05) is 0 Å². The third-order valence-corrected chi connectivity index (χ3v) is 2.50. The molecule has 98 valence electrons. The van der Waals surface area contributed by atoms with Crippen LogP contribution < -0.4 is 5.32 Å². The van der Waals surface area contributed by atoms with Gasteiger partial charge in [0.05, 0.1) is 5.56 Å². The molecule has 0 fully saturated rings. The molecular weight excluding hydrogens is 244 g/mol. The SMILES string of the molecule is CCC(NC(=O)c1cc(C)c(F)cc1F)C(=O)O. The van der Waals surface area contributed by atoms with Crippen molar-refractivity contribution in [1.29, 1.82) is 0 Å². The van der Waals surface area contributed by atoms with E-state index in [1.165, 1.54) is 6.92 Å². The Balaban J connectivity index is 2.97. The van der Waals surface area contributed by atoms with E-state index in [2.05, 4.69) is 5.32 Å². The van der Waals surface area contributed by atoms with Crippen molar-refractivity contribution in [3.8, 4) is 0 Å². The fourth-order valence-electron chi connectivity index (χ4n) is 1.41. The summed E-state index contributed by atoms with van der Waals surface area (Å²) < 4.78 is 26.4. The zero-order chi connectivity index (χ0) is 13.9. The highest BCUT2D eigenvalue weighted by atomic mass is 19.1. The van der Waals surface area contributed by atoms with Gasteiger partial charge in [-0.05, 0) is 25.0 Å². The molecule has 0 radical (unpaired) electrons. The number of hydrogen-bond donors (Lipinski definition) is 2. The Morgan fingerprint density at radius 1 is 1.33 bits per heavy atom. The van der Waals surface area contributed by atoms with E-state index in [1.807, 2.05) is 0 Å². The number of aliphatic carboxylic acids is 1. The van der Waals surface area contributed by atoms with Crippen LogP contribution in [-0.4, -0.2) is 23.0 Å². The quantitative estimate of drug-likeness (QED) is 0.865. The Hall–Kier alpha value is -1.98. The Labute approximate surface area is 103 Å².